The lowest BCUT2D eigenvalue weighted by Crippen LogP contribution is -2.12. The smallest absolute Gasteiger partial charge is 0.267 e. The molecule has 3 aromatic heterocycles. The standard InChI is InChI=1S/C18H13F2N7O2/c19-11-3-9(8-1-2-13(17(22)28)23-6-8)4-12(20)10(11)7-29-14-5-15(21)24-18-16(14)25-27-26-18/h1-6H,7H2,(H2,22,28)(H3,21,24,25,26,27). The van der Waals surface area contributed by atoms with Crippen molar-refractivity contribution in [1.82, 2.24) is 25.4 Å². The number of pyridine rings is 2. The molecule has 29 heavy (non-hydrogen) atoms. The van der Waals surface area contributed by atoms with E-state index in [2.05, 4.69) is 25.4 Å². The molecule has 4 aromatic rings. The Hall–Kier alpha value is -4.15. The molecule has 1 amide bonds. The van der Waals surface area contributed by atoms with Crippen molar-refractivity contribution in [3.8, 4) is 16.9 Å². The lowest BCUT2D eigenvalue weighted by molar-refractivity contribution is 0.0995. The maximum Gasteiger partial charge on any atom is 0.267 e. The third-order valence-electron chi connectivity index (χ3n) is 4.14. The molecule has 0 aliphatic rings. The van der Waals surface area contributed by atoms with Gasteiger partial charge in [-0.25, -0.2) is 13.8 Å². The fraction of sp³-hybridized carbons (Fsp3) is 0.0556. The second-order valence-electron chi connectivity index (χ2n) is 6.04. The highest BCUT2D eigenvalue weighted by molar-refractivity contribution is 5.91. The van der Waals surface area contributed by atoms with Crippen LogP contribution in [0.3, 0.4) is 0 Å². The fourth-order valence-electron chi connectivity index (χ4n) is 2.70. The Morgan fingerprint density at radius 1 is 1.10 bits per heavy atom. The molecule has 0 atom stereocenters. The summed E-state index contributed by atoms with van der Waals surface area (Å²) in [7, 11) is 0. The van der Waals surface area contributed by atoms with Gasteiger partial charge < -0.3 is 16.2 Å². The summed E-state index contributed by atoms with van der Waals surface area (Å²) in [6.45, 7) is -0.401. The molecule has 0 spiro atoms. The Bertz CT molecular complexity index is 1200. The quantitative estimate of drug-likeness (QED) is 0.466. The number of amides is 1. The molecule has 1 aromatic carbocycles. The Balaban J connectivity index is 1.60. The van der Waals surface area contributed by atoms with Crippen molar-refractivity contribution in [1.29, 1.82) is 0 Å². The predicted molar refractivity (Wildman–Crippen MR) is 98.5 cm³/mol. The van der Waals surface area contributed by atoms with E-state index in [0.29, 0.717) is 5.56 Å². The molecule has 0 fully saturated rings. The minimum Gasteiger partial charge on any atom is -0.486 e. The second kappa shape index (κ2) is 7.11. The Labute approximate surface area is 161 Å². The zero-order valence-corrected chi connectivity index (χ0v) is 14.7. The van der Waals surface area contributed by atoms with Crippen LogP contribution in [0.1, 0.15) is 16.1 Å². The first-order chi connectivity index (χ1) is 13.9. The summed E-state index contributed by atoms with van der Waals surface area (Å²) in [4.78, 5) is 18.9. The Morgan fingerprint density at radius 2 is 1.86 bits per heavy atom. The largest absolute Gasteiger partial charge is 0.486 e. The van der Waals surface area contributed by atoms with Gasteiger partial charge in [-0.15, -0.1) is 5.10 Å². The maximum absolute atomic E-state index is 14.6. The van der Waals surface area contributed by atoms with Crippen molar-refractivity contribution in [3.63, 3.8) is 0 Å². The zero-order chi connectivity index (χ0) is 20.5. The maximum atomic E-state index is 14.6. The van der Waals surface area contributed by atoms with E-state index in [9.17, 15) is 13.6 Å². The number of carbonyl (C=O) groups is 1. The number of H-pyrrole nitrogens is 1. The Morgan fingerprint density at radius 3 is 2.52 bits per heavy atom. The molecule has 0 saturated heterocycles. The van der Waals surface area contributed by atoms with Gasteiger partial charge in [0, 0.05) is 17.8 Å². The number of nitrogens with two attached hydrogens (primary N) is 2. The number of nitrogens with one attached hydrogen (secondary N) is 1. The van der Waals surface area contributed by atoms with Crippen molar-refractivity contribution in [2.24, 2.45) is 5.73 Å². The number of hydrogen-bond acceptors (Lipinski definition) is 7. The van der Waals surface area contributed by atoms with Gasteiger partial charge in [-0.3, -0.25) is 9.78 Å². The molecule has 0 unspecified atom stereocenters. The van der Waals surface area contributed by atoms with Gasteiger partial charge in [-0.1, -0.05) is 6.07 Å². The first-order valence-corrected chi connectivity index (χ1v) is 8.26. The topological polar surface area (TPSA) is 146 Å². The van der Waals surface area contributed by atoms with Crippen LogP contribution in [0.25, 0.3) is 22.3 Å². The Kier molecular flexibility index (Phi) is 4.47. The molecule has 11 heteroatoms. The van der Waals surface area contributed by atoms with E-state index in [1.165, 1.54) is 24.4 Å². The summed E-state index contributed by atoms with van der Waals surface area (Å²) in [5, 5.41) is 10.1. The van der Waals surface area contributed by atoms with E-state index in [-0.39, 0.29) is 39.6 Å². The molecule has 3 heterocycles. The highest BCUT2D eigenvalue weighted by Gasteiger charge is 2.16. The predicted octanol–water partition coefficient (Wildman–Crippen LogP) is 1.95. The van der Waals surface area contributed by atoms with Crippen LogP contribution in [0.2, 0.25) is 0 Å². The van der Waals surface area contributed by atoms with E-state index in [4.69, 9.17) is 16.2 Å². The van der Waals surface area contributed by atoms with E-state index in [1.807, 2.05) is 0 Å². The third kappa shape index (κ3) is 3.52. The number of hydrogen-bond donors (Lipinski definition) is 3. The number of halogens is 2. The van der Waals surface area contributed by atoms with Crippen LogP contribution in [0, 0.1) is 11.6 Å². The average molecular weight is 397 g/mol. The number of aromatic nitrogens is 5. The molecular weight excluding hydrogens is 384 g/mol. The first kappa shape index (κ1) is 18.2. The van der Waals surface area contributed by atoms with E-state index < -0.39 is 24.1 Å². The van der Waals surface area contributed by atoms with Gasteiger partial charge in [0.1, 0.15) is 29.8 Å². The number of rotatable bonds is 5. The molecule has 0 bridgehead atoms. The fourth-order valence-corrected chi connectivity index (χ4v) is 2.70. The van der Waals surface area contributed by atoms with Crippen LogP contribution in [-0.4, -0.2) is 31.3 Å². The van der Waals surface area contributed by atoms with Crippen molar-refractivity contribution in [2.45, 2.75) is 6.61 Å². The van der Waals surface area contributed by atoms with Gasteiger partial charge in [-0.2, -0.15) is 10.3 Å². The number of aromatic amines is 1. The molecule has 146 valence electrons. The SMILES string of the molecule is NC(=O)c1ccc(-c2cc(F)c(COc3cc(N)nc4n[nH]nc34)c(F)c2)cn1. The molecule has 5 N–H and O–H groups in total. The van der Waals surface area contributed by atoms with E-state index in [0.717, 1.165) is 12.1 Å². The molecular formula is C18H13F2N7O2. The van der Waals surface area contributed by atoms with Crippen LogP contribution >= 0.6 is 0 Å². The number of primary amides is 1. The molecule has 9 nitrogen and oxygen atoms in total. The number of nitrogens with zero attached hydrogens (tertiary/aromatic N) is 4. The minimum atomic E-state index is -0.808. The average Bonchev–Trinajstić information content (AvgIpc) is 3.15. The normalized spacial score (nSPS) is 11.0. The summed E-state index contributed by atoms with van der Waals surface area (Å²) in [5.74, 6) is -1.99. The van der Waals surface area contributed by atoms with Crippen LogP contribution in [0.5, 0.6) is 5.75 Å². The number of carbonyl (C=O) groups excluding carboxylic acids is 1. The van der Waals surface area contributed by atoms with Gasteiger partial charge >= 0.3 is 0 Å². The van der Waals surface area contributed by atoms with Crippen LogP contribution in [0.4, 0.5) is 14.6 Å². The van der Waals surface area contributed by atoms with Crippen molar-refractivity contribution in [2.75, 3.05) is 5.73 Å². The summed E-state index contributed by atoms with van der Waals surface area (Å²) in [5.41, 5.74) is 11.8. The lowest BCUT2D eigenvalue weighted by Gasteiger charge is -2.11. The number of nitrogen functional groups attached to an aromatic ring is 1. The summed E-state index contributed by atoms with van der Waals surface area (Å²) >= 11 is 0. The summed E-state index contributed by atoms with van der Waals surface area (Å²) in [6.07, 6.45) is 1.31. The van der Waals surface area contributed by atoms with Gasteiger partial charge in [-0.05, 0) is 23.8 Å². The highest BCUT2D eigenvalue weighted by atomic mass is 19.1. The van der Waals surface area contributed by atoms with Crippen LogP contribution < -0.4 is 16.2 Å². The molecule has 0 radical (unpaired) electrons. The van der Waals surface area contributed by atoms with Crippen molar-refractivity contribution in [3.05, 3.63) is 59.4 Å². The highest BCUT2D eigenvalue weighted by Crippen LogP contribution is 2.27. The van der Waals surface area contributed by atoms with Gasteiger partial charge in [0.2, 0.25) is 5.65 Å². The molecule has 0 aliphatic carbocycles. The summed E-state index contributed by atoms with van der Waals surface area (Å²) < 4.78 is 34.6. The van der Waals surface area contributed by atoms with Crippen LogP contribution in [-0.2, 0) is 6.61 Å². The monoisotopic (exact) mass is 397 g/mol. The number of benzene rings is 1. The van der Waals surface area contributed by atoms with E-state index in [1.54, 1.807) is 0 Å². The first-order valence-electron chi connectivity index (χ1n) is 8.26. The van der Waals surface area contributed by atoms with Gasteiger partial charge in [0.05, 0.1) is 5.56 Å². The number of anilines is 1. The molecule has 0 saturated carbocycles. The van der Waals surface area contributed by atoms with Gasteiger partial charge in [0.15, 0.2) is 11.3 Å². The molecule has 4 rings (SSSR count). The van der Waals surface area contributed by atoms with Gasteiger partial charge in [0.25, 0.3) is 5.91 Å². The lowest BCUT2D eigenvalue weighted by atomic mass is 10.0. The van der Waals surface area contributed by atoms with Crippen molar-refractivity contribution >= 4 is 22.9 Å². The second-order valence-corrected chi connectivity index (χ2v) is 6.04. The zero-order valence-electron chi connectivity index (χ0n) is 14.7. The summed E-state index contributed by atoms with van der Waals surface area (Å²) in [6, 6.07) is 6.56. The van der Waals surface area contributed by atoms with E-state index >= 15 is 0 Å². The van der Waals surface area contributed by atoms with Crippen LogP contribution in [0.15, 0.2) is 36.5 Å². The molecule has 0 aliphatic heterocycles. The number of fused-ring (bicyclic) bond motifs is 1. The minimum absolute atomic E-state index is 0.0514. The number of ether oxygens (including phenoxy) is 1. The third-order valence-corrected chi connectivity index (χ3v) is 4.14. The van der Waals surface area contributed by atoms with Crippen molar-refractivity contribution < 1.29 is 18.3 Å².